The van der Waals surface area contributed by atoms with Gasteiger partial charge in [0.2, 0.25) is 0 Å². The van der Waals surface area contributed by atoms with E-state index in [1.54, 1.807) is 6.20 Å². The zero-order valence-electron chi connectivity index (χ0n) is 10.4. The van der Waals surface area contributed by atoms with E-state index in [0.717, 1.165) is 29.6 Å². The smallest absolute Gasteiger partial charge is 0.130 e. The van der Waals surface area contributed by atoms with Crippen molar-refractivity contribution in [3.63, 3.8) is 0 Å². The van der Waals surface area contributed by atoms with Crippen molar-refractivity contribution in [1.29, 1.82) is 0 Å². The molecule has 0 aromatic carbocycles. The molecule has 0 spiro atoms. The van der Waals surface area contributed by atoms with E-state index < -0.39 is 0 Å². The Morgan fingerprint density at radius 2 is 2.18 bits per heavy atom. The van der Waals surface area contributed by atoms with Crippen LogP contribution in [0.15, 0.2) is 18.5 Å². The molecule has 0 saturated carbocycles. The molecule has 5 nitrogen and oxygen atoms in total. The standard InChI is InChI=1S/C12H17N5/c1-4-10-7-11(16-9(2)15-10)14-8-12-13-5-6-17(12)3/h5-7H,4,8H2,1-3H3,(H,14,15,16). The highest BCUT2D eigenvalue weighted by Gasteiger charge is 2.02. The van der Waals surface area contributed by atoms with E-state index >= 15 is 0 Å². The highest BCUT2D eigenvalue weighted by atomic mass is 15.1. The molecule has 0 radical (unpaired) electrons. The van der Waals surface area contributed by atoms with E-state index in [1.807, 2.05) is 30.8 Å². The molecule has 2 aromatic rings. The van der Waals surface area contributed by atoms with E-state index in [-0.39, 0.29) is 0 Å². The zero-order chi connectivity index (χ0) is 12.3. The predicted molar refractivity (Wildman–Crippen MR) is 66.7 cm³/mol. The van der Waals surface area contributed by atoms with Crippen molar-refractivity contribution in [2.75, 3.05) is 5.32 Å². The van der Waals surface area contributed by atoms with E-state index in [1.165, 1.54) is 0 Å². The summed E-state index contributed by atoms with van der Waals surface area (Å²) >= 11 is 0. The third kappa shape index (κ3) is 2.81. The molecule has 0 amide bonds. The molecular formula is C12H17N5. The van der Waals surface area contributed by atoms with Crippen LogP contribution in [0.1, 0.15) is 24.3 Å². The van der Waals surface area contributed by atoms with Gasteiger partial charge in [-0.15, -0.1) is 0 Å². The van der Waals surface area contributed by atoms with Gasteiger partial charge in [-0.1, -0.05) is 6.92 Å². The summed E-state index contributed by atoms with van der Waals surface area (Å²) in [6, 6.07) is 1.98. The number of aryl methyl sites for hydroxylation is 3. The Bertz CT molecular complexity index is 503. The highest BCUT2D eigenvalue weighted by Crippen LogP contribution is 2.08. The number of anilines is 1. The molecule has 17 heavy (non-hydrogen) atoms. The van der Waals surface area contributed by atoms with Gasteiger partial charge in [-0.25, -0.2) is 15.0 Å². The Hall–Kier alpha value is -1.91. The van der Waals surface area contributed by atoms with Gasteiger partial charge in [0.15, 0.2) is 0 Å². The summed E-state index contributed by atoms with van der Waals surface area (Å²) in [5.41, 5.74) is 1.06. The molecule has 0 fully saturated rings. The fourth-order valence-electron chi connectivity index (χ4n) is 1.64. The predicted octanol–water partition coefficient (Wildman–Crippen LogP) is 1.69. The number of imidazole rings is 1. The number of nitrogens with zero attached hydrogens (tertiary/aromatic N) is 4. The first-order valence-corrected chi connectivity index (χ1v) is 5.73. The van der Waals surface area contributed by atoms with Crippen molar-refractivity contribution in [1.82, 2.24) is 19.5 Å². The molecule has 2 rings (SSSR count). The molecule has 0 atom stereocenters. The molecule has 0 unspecified atom stereocenters. The summed E-state index contributed by atoms with van der Waals surface area (Å²) in [5, 5.41) is 3.27. The van der Waals surface area contributed by atoms with E-state index in [0.29, 0.717) is 6.54 Å². The van der Waals surface area contributed by atoms with Crippen LogP contribution in [0, 0.1) is 6.92 Å². The second-order valence-corrected chi connectivity index (χ2v) is 3.95. The Balaban J connectivity index is 2.09. The Morgan fingerprint density at radius 3 is 2.82 bits per heavy atom. The first-order chi connectivity index (χ1) is 8.19. The minimum Gasteiger partial charge on any atom is -0.363 e. The fraction of sp³-hybridized carbons (Fsp3) is 0.417. The van der Waals surface area contributed by atoms with Crippen LogP contribution >= 0.6 is 0 Å². The van der Waals surface area contributed by atoms with Crippen molar-refractivity contribution in [3.05, 3.63) is 35.8 Å². The molecular weight excluding hydrogens is 214 g/mol. The summed E-state index contributed by atoms with van der Waals surface area (Å²) in [4.78, 5) is 12.9. The minimum atomic E-state index is 0.670. The van der Waals surface area contributed by atoms with E-state index in [4.69, 9.17) is 0 Å². The largest absolute Gasteiger partial charge is 0.363 e. The van der Waals surface area contributed by atoms with Crippen LogP contribution in [0.5, 0.6) is 0 Å². The Labute approximate surface area is 101 Å². The Kier molecular flexibility index (Phi) is 3.37. The number of hydrogen-bond donors (Lipinski definition) is 1. The van der Waals surface area contributed by atoms with E-state index in [2.05, 4.69) is 27.2 Å². The van der Waals surface area contributed by atoms with Crippen molar-refractivity contribution in [3.8, 4) is 0 Å². The van der Waals surface area contributed by atoms with Crippen molar-refractivity contribution in [2.24, 2.45) is 7.05 Å². The maximum Gasteiger partial charge on any atom is 0.130 e. The van der Waals surface area contributed by atoms with Crippen LogP contribution in [0.3, 0.4) is 0 Å². The monoisotopic (exact) mass is 231 g/mol. The van der Waals surface area contributed by atoms with Gasteiger partial charge in [0, 0.05) is 31.2 Å². The Morgan fingerprint density at radius 1 is 1.35 bits per heavy atom. The van der Waals surface area contributed by atoms with Crippen LogP contribution in [0.25, 0.3) is 0 Å². The third-order valence-electron chi connectivity index (χ3n) is 2.60. The SMILES string of the molecule is CCc1cc(NCc2nccn2C)nc(C)n1. The highest BCUT2D eigenvalue weighted by molar-refractivity contribution is 5.36. The second-order valence-electron chi connectivity index (χ2n) is 3.95. The molecule has 0 saturated heterocycles. The fourth-order valence-corrected chi connectivity index (χ4v) is 1.64. The minimum absolute atomic E-state index is 0.670. The number of aromatic nitrogens is 4. The van der Waals surface area contributed by atoms with Crippen LogP contribution in [0.2, 0.25) is 0 Å². The van der Waals surface area contributed by atoms with Crippen molar-refractivity contribution >= 4 is 5.82 Å². The molecule has 0 aliphatic rings. The first kappa shape index (κ1) is 11.6. The van der Waals surface area contributed by atoms with Gasteiger partial charge in [0.1, 0.15) is 17.5 Å². The number of nitrogens with one attached hydrogen (secondary N) is 1. The molecule has 2 aromatic heterocycles. The lowest BCUT2D eigenvalue weighted by atomic mass is 10.3. The third-order valence-corrected chi connectivity index (χ3v) is 2.60. The molecule has 0 aliphatic carbocycles. The maximum atomic E-state index is 4.35. The van der Waals surface area contributed by atoms with Crippen LogP contribution in [0.4, 0.5) is 5.82 Å². The van der Waals surface area contributed by atoms with Crippen molar-refractivity contribution < 1.29 is 0 Å². The van der Waals surface area contributed by atoms with Gasteiger partial charge in [-0.3, -0.25) is 0 Å². The summed E-state index contributed by atoms with van der Waals surface area (Å²) < 4.78 is 1.99. The first-order valence-electron chi connectivity index (χ1n) is 5.73. The number of rotatable bonds is 4. The lowest BCUT2D eigenvalue weighted by Crippen LogP contribution is -2.08. The normalized spacial score (nSPS) is 10.5. The average molecular weight is 231 g/mol. The molecule has 0 bridgehead atoms. The summed E-state index contributed by atoms with van der Waals surface area (Å²) in [5.74, 6) is 2.64. The number of hydrogen-bond acceptors (Lipinski definition) is 4. The van der Waals surface area contributed by atoms with Gasteiger partial charge >= 0.3 is 0 Å². The molecule has 1 N–H and O–H groups in total. The summed E-state index contributed by atoms with van der Waals surface area (Å²) in [6.45, 7) is 4.67. The quantitative estimate of drug-likeness (QED) is 0.870. The van der Waals surface area contributed by atoms with Gasteiger partial charge in [-0.05, 0) is 13.3 Å². The van der Waals surface area contributed by atoms with E-state index in [9.17, 15) is 0 Å². The lowest BCUT2D eigenvalue weighted by Gasteiger charge is -2.07. The van der Waals surface area contributed by atoms with Gasteiger partial charge in [0.05, 0.1) is 6.54 Å². The summed E-state index contributed by atoms with van der Waals surface area (Å²) in [7, 11) is 1.98. The zero-order valence-corrected chi connectivity index (χ0v) is 10.4. The van der Waals surface area contributed by atoms with Gasteiger partial charge in [0.25, 0.3) is 0 Å². The van der Waals surface area contributed by atoms with Crippen LogP contribution in [-0.2, 0) is 20.0 Å². The van der Waals surface area contributed by atoms with Crippen LogP contribution in [-0.4, -0.2) is 19.5 Å². The second kappa shape index (κ2) is 4.95. The van der Waals surface area contributed by atoms with Crippen LogP contribution < -0.4 is 5.32 Å². The van der Waals surface area contributed by atoms with Gasteiger partial charge in [-0.2, -0.15) is 0 Å². The topological polar surface area (TPSA) is 55.6 Å². The lowest BCUT2D eigenvalue weighted by molar-refractivity contribution is 0.808. The average Bonchev–Trinajstić information content (AvgIpc) is 2.71. The van der Waals surface area contributed by atoms with Crippen molar-refractivity contribution in [2.45, 2.75) is 26.8 Å². The van der Waals surface area contributed by atoms with Gasteiger partial charge < -0.3 is 9.88 Å². The molecule has 2 heterocycles. The maximum absolute atomic E-state index is 4.35. The summed E-state index contributed by atoms with van der Waals surface area (Å²) in [6.07, 6.45) is 4.64. The molecule has 90 valence electrons. The molecule has 0 aliphatic heterocycles. The molecule has 5 heteroatoms.